The summed E-state index contributed by atoms with van der Waals surface area (Å²) in [6, 6.07) is 9.53. The molecule has 0 unspecified atom stereocenters. The second-order valence-electron chi connectivity index (χ2n) is 4.92. The van der Waals surface area contributed by atoms with Crippen molar-refractivity contribution < 1.29 is 9.59 Å². The topological polar surface area (TPSA) is 61.4 Å². The highest BCUT2D eigenvalue weighted by atomic mass is 35.5. The highest BCUT2D eigenvalue weighted by Gasteiger charge is 2.15. The van der Waals surface area contributed by atoms with E-state index < -0.39 is 0 Å². The first kappa shape index (κ1) is 17.5. The number of rotatable bonds is 4. The van der Waals surface area contributed by atoms with Gasteiger partial charge in [0.05, 0.1) is 13.0 Å². The van der Waals surface area contributed by atoms with Gasteiger partial charge in [-0.05, 0) is 18.5 Å². The van der Waals surface area contributed by atoms with E-state index in [1.165, 1.54) is 0 Å². The van der Waals surface area contributed by atoms with E-state index in [4.69, 9.17) is 0 Å². The maximum atomic E-state index is 12.0. The molecule has 1 saturated heterocycles. The maximum Gasteiger partial charge on any atom is 0.242 e. The summed E-state index contributed by atoms with van der Waals surface area (Å²) in [5, 5.41) is 5.95. The molecule has 0 atom stereocenters. The Morgan fingerprint density at radius 3 is 2.67 bits per heavy atom. The quantitative estimate of drug-likeness (QED) is 0.855. The lowest BCUT2D eigenvalue weighted by Gasteiger charge is -2.20. The van der Waals surface area contributed by atoms with Crippen molar-refractivity contribution in [2.75, 3.05) is 32.7 Å². The average molecular weight is 312 g/mol. The van der Waals surface area contributed by atoms with Crippen molar-refractivity contribution in [2.45, 2.75) is 12.8 Å². The van der Waals surface area contributed by atoms with Crippen LogP contribution in [0.4, 0.5) is 0 Å². The summed E-state index contributed by atoms with van der Waals surface area (Å²) in [6.45, 7) is 3.34. The van der Waals surface area contributed by atoms with Crippen LogP contribution in [-0.2, 0) is 16.0 Å². The minimum absolute atomic E-state index is 0. The molecule has 5 nitrogen and oxygen atoms in total. The second-order valence-corrected chi connectivity index (χ2v) is 4.92. The van der Waals surface area contributed by atoms with Gasteiger partial charge in [0, 0.05) is 19.6 Å². The van der Waals surface area contributed by atoms with Crippen LogP contribution in [0.25, 0.3) is 0 Å². The van der Waals surface area contributed by atoms with Crippen molar-refractivity contribution in [3.8, 4) is 0 Å². The van der Waals surface area contributed by atoms with E-state index in [9.17, 15) is 9.59 Å². The Bertz CT molecular complexity index is 445. The molecule has 0 spiro atoms. The SMILES string of the molecule is Cl.O=C(Cc1ccccc1)NCC(=O)N1CCCNCC1. The van der Waals surface area contributed by atoms with Crippen molar-refractivity contribution in [1.82, 2.24) is 15.5 Å². The number of hydrogen-bond acceptors (Lipinski definition) is 3. The van der Waals surface area contributed by atoms with Crippen LogP contribution >= 0.6 is 12.4 Å². The van der Waals surface area contributed by atoms with Crippen molar-refractivity contribution >= 4 is 24.2 Å². The van der Waals surface area contributed by atoms with Crippen LogP contribution in [0, 0.1) is 0 Å². The fourth-order valence-corrected chi connectivity index (χ4v) is 2.22. The van der Waals surface area contributed by atoms with Gasteiger partial charge in [-0.3, -0.25) is 9.59 Å². The van der Waals surface area contributed by atoms with Gasteiger partial charge in [0.2, 0.25) is 11.8 Å². The third-order valence-corrected chi connectivity index (χ3v) is 3.34. The Morgan fingerprint density at radius 2 is 1.90 bits per heavy atom. The number of halogens is 1. The van der Waals surface area contributed by atoms with Crippen LogP contribution in [0.1, 0.15) is 12.0 Å². The van der Waals surface area contributed by atoms with Crippen LogP contribution in [0.3, 0.4) is 0 Å². The molecule has 1 aliphatic heterocycles. The molecular weight excluding hydrogens is 290 g/mol. The zero-order valence-corrected chi connectivity index (χ0v) is 12.8. The Balaban J connectivity index is 0.00000220. The lowest BCUT2D eigenvalue weighted by atomic mass is 10.1. The molecule has 1 aliphatic rings. The summed E-state index contributed by atoms with van der Waals surface area (Å²) >= 11 is 0. The lowest BCUT2D eigenvalue weighted by Crippen LogP contribution is -2.42. The van der Waals surface area contributed by atoms with Gasteiger partial charge in [-0.25, -0.2) is 0 Å². The van der Waals surface area contributed by atoms with Gasteiger partial charge in [-0.2, -0.15) is 0 Å². The number of carbonyl (C=O) groups is 2. The highest BCUT2D eigenvalue weighted by Crippen LogP contribution is 1.99. The summed E-state index contributed by atoms with van der Waals surface area (Å²) in [6.07, 6.45) is 1.28. The molecule has 1 heterocycles. The molecule has 1 aromatic rings. The largest absolute Gasteiger partial charge is 0.347 e. The smallest absolute Gasteiger partial charge is 0.242 e. The predicted octanol–water partition coefficient (Wildman–Crippen LogP) is 0.589. The van der Waals surface area contributed by atoms with Crippen molar-refractivity contribution in [2.24, 2.45) is 0 Å². The van der Waals surface area contributed by atoms with E-state index in [0.29, 0.717) is 13.0 Å². The summed E-state index contributed by atoms with van der Waals surface area (Å²) in [5.74, 6) is -0.118. The molecule has 0 bridgehead atoms. The van der Waals surface area contributed by atoms with E-state index in [1.54, 1.807) is 0 Å². The molecule has 2 rings (SSSR count). The van der Waals surface area contributed by atoms with E-state index in [1.807, 2.05) is 35.2 Å². The third kappa shape index (κ3) is 6.14. The summed E-state index contributed by atoms with van der Waals surface area (Å²) in [7, 11) is 0. The van der Waals surface area contributed by atoms with Gasteiger partial charge in [0.15, 0.2) is 0 Å². The molecular formula is C15H22ClN3O2. The van der Waals surface area contributed by atoms with Gasteiger partial charge in [0.25, 0.3) is 0 Å². The van der Waals surface area contributed by atoms with Crippen LogP contribution in [0.2, 0.25) is 0 Å². The first-order chi connectivity index (χ1) is 9.75. The molecule has 0 radical (unpaired) electrons. The van der Waals surface area contributed by atoms with Crippen LogP contribution in [0.15, 0.2) is 30.3 Å². The summed E-state index contributed by atoms with van der Waals surface area (Å²) < 4.78 is 0. The number of carbonyl (C=O) groups excluding carboxylic acids is 2. The van der Waals surface area contributed by atoms with E-state index >= 15 is 0 Å². The Kier molecular flexibility index (Phi) is 7.79. The van der Waals surface area contributed by atoms with Gasteiger partial charge < -0.3 is 15.5 Å². The van der Waals surface area contributed by atoms with Crippen molar-refractivity contribution in [1.29, 1.82) is 0 Å². The molecule has 116 valence electrons. The van der Waals surface area contributed by atoms with Crippen molar-refractivity contribution in [3.63, 3.8) is 0 Å². The molecule has 1 aromatic carbocycles. The zero-order valence-electron chi connectivity index (χ0n) is 12.0. The number of hydrogen-bond donors (Lipinski definition) is 2. The highest BCUT2D eigenvalue weighted by molar-refractivity contribution is 5.86. The molecule has 21 heavy (non-hydrogen) atoms. The number of nitrogens with one attached hydrogen (secondary N) is 2. The predicted molar refractivity (Wildman–Crippen MR) is 84.5 cm³/mol. The minimum Gasteiger partial charge on any atom is -0.347 e. The van der Waals surface area contributed by atoms with Crippen molar-refractivity contribution in [3.05, 3.63) is 35.9 Å². The third-order valence-electron chi connectivity index (χ3n) is 3.34. The molecule has 2 N–H and O–H groups in total. The average Bonchev–Trinajstić information content (AvgIpc) is 2.75. The van der Waals surface area contributed by atoms with Gasteiger partial charge >= 0.3 is 0 Å². The first-order valence-electron chi connectivity index (χ1n) is 7.05. The number of benzene rings is 1. The van der Waals surface area contributed by atoms with E-state index in [-0.39, 0.29) is 30.8 Å². The standard InChI is InChI=1S/C15H21N3O2.ClH/c19-14(11-13-5-2-1-3-6-13)17-12-15(20)18-9-4-7-16-8-10-18;/h1-3,5-6,16H,4,7-12H2,(H,17,19);1H. The van der Waals surface area contributed by atoms with Gasteiger partial charge in [-0.1, -0.05) is 30.3 Å². The van der Waals surface area contributed by atoms with Gasteiger partial charge in [0.1, 0.15) is 0 Å². The van der Waals surface area contributed by atoms with E-state index in [2.05, 4.69) is 10.6 Å². The molecule has 0 aromatic heterocycles. The van der Waals surface area contributed by atoms with Crippen LogP contribution < -0.4 is 10.6 Å². The van der Waals surface area contributed by atoms with Crippen LogP contribution in [-0.4, -0.2) is 49.4 Å². The fourth-order valence-electron chi connectivity index (χ4n) is 2.22. The molecule has 1 fully saturated rings. The Labute approximate surface area is 131 Å². The Hall–Kier alpha value is -1.59. The second kappa shape index (κ2) is 9.37. The minimum atomic E-state index is -0.113. The summed E-state index contributed by atoms with van der Waals surface area (Å²) in [4.78, 5) is 25.6. The molecule has 0 aliphatic carbocycles. The fraction of sp³-hybridized carbons (Fsp3) is 0.467. The van der Waals surface area contributed by atoms with Crippen LogP contribution in [0.5, 0.6) is 0 Å². The molecule has 6 heteroatoms. The monoisotopic (exact) mass is 311 g/mol. The number of amides is 2. The van der Waals surface area contributed by atoms with E-state index in [0.717, 1.165) is 31.6 Å². The molecule has 2 amide bonds. The Morgan fingerprint density at radius 1 is 1.14 bits per heavy atom. The first-order valence-corrected chi connectivity index (χ1v) is 7.05. The summed E-state index contributed by atoms with van der Waals surface area (Å²) in [5.41, 5.74) is 0.955. The maximum absolute atomic E-state index is 12.0. The molecule has 0 saturated carbocycles. The number of nitrogens with zero attached hydrogens (tertiary/aromatic N) is 1. The lowest BCUT2D eigenvalue weighted by molar-refractivity contribution is -0.132. The van der Waals surface area contributed by atoms with Gasteiger partial charge in [-0.15, -0.1) is 12.4 Å². The normalized spacial score (nSPS) is 14.8. The zero-order chi connectivity index (χ0) is 14.2.